The maximum atomic E-state index is 11.5. The molecule has 0 radical (unpaired) electrons. The largest absolute Gasteiger partial charge is 0.359 e. The molecule has 0 aliphatic carbocycles. The molecular weight excluding hydrogens is 318 g/mol. The van der Waals surface area contributed by atoms with Crippen LogP contribution < -0.4 is 10.6 Å². The van der Waals surface area contributed by atoms with E-state index >= 15 is 0 Å². The molecule has 0 saturated carbocycles. The number of nitrogens with zero attached hydrogens (tertiary/aromatic N) is 3. The SMILES string of the molecule is CCNC(=NCc1cc(C(C)C)no1)N1CCC(CC(=O)NC)CC1. The van der Waals surface area contributed by atoms with Gasteiger partial charge in [-0.1, -0.05) is 19.0 Å². The van der Waals surface area contributed by atoms with E-state index in [4.69, 9.17) is 9.52 Å². The molecule has 2 rings (SSSR count). The van der Waals surface area contributed by atoms with Gasteiger partial charge in [-0.05, 0) is 31.6 Å². The summed E-state index contributed by atoms with van der Waals surface area (Å²) in [7, 11) is 1.70. The normalized spacial score (nSPS) is 16.4. The summed E-state index contributed by atoms with van der Waals surface area (Å²) in [5.41, 5.74) is 0.963. The lowest BCUT2D eigenvalue weighted by Crippen LogP contribution is -2.46. The van der Waals surface area contributed by atoms with Gasteiger partial charge < -0.3 is 20.1 Å². The molecule has 0 atom stereocenters. The van der Waals surface area contributed by atoms with E-state index in [9.17, 15) is 4.79 Å². The minimum Gasteiger partial charge on any atom is -0.359 e. The van der Waals surface area contributed by atoms with Crippen LogP contribution in [-0.2, 0) is 11.3 Å². The first-order chi connectivity index (χ1) is 12.0. The monoisotopic (exact) mass is 349 g/mol. The zero-order valence-corrected chi connectivity index (χ0v) is 15.8. The third kappa shape index (κ3) is 5.76. The van der Waals surface area contributed by atoms with Gasteiger partial charge in [-0.2, -0.15) is 0 Å². The Bertz CT molecular complexity index is 574. The van der Waals surface area contributed by atoms with Gasteiger partial charge in [0.1, 0.15) is 6.54 Å². The summed E-state index contributed by atoms with van der Waals surface area (Å²) in [5.74, 6) is 2.64. The molecule has 0 bridgehead atoms. The van der Waals surface area contributed by atoms with Crippen LogP contribution in [-0.4, -0.2) is 48.6 Å². The quantitative estimate of drug-likeness (QED) is 0.607. The predicted octanol–water partition coefficient (Wildman–Crippen LogP) is 2.11. The number of carbonyl (C=O) groups is 1. The van der Waals surface area contributed by atoms with E-state index in [0.29, 0.717) is 24.8 Å². The van der Waals surface area contributed by atoms with Gasteiger partial charge in [-0.25, -0.2) is 4.99 Å². The van der Waals surface area contributed by atoms with Gasteiger partial charge in [-0.3, -0.25) is 4.79 Å². The van der Waals surface area contributed by atoms with Crippen molar-refractivity contribution in [1.82, 2.24) is 20.7 Å². The molecule has 1 aromatic rings. The molecule has 2 heterocycles. The fourth-order valence-corrected chi connectivity index (χ4v) is 2.97. The highest BCUT2D eigenvalue weighted by Gasteiger charge is 2.23. The first-order valence-corrected chi connectivity index (χ1v) is 9.22. The van der Waals surface area contributed by atoms with Crippen molar-refractivity contribution in [3.05, 3.63) is 17.5 Å². The van der Waals surface area contributed by atoms with Gasteiger partial charge in [0.15, 0.2) is 11.7 Å². The molecule has 1 amide bonds. The molecule has 25 heavy (non-hydrogen) atoms. The van der Waals surface area contributed by atoms with Crippen molar-refractivity contribution >= 4 is 11.9 Å². The lowest BCUT2D eigenvalue weighted by atomic mass is 9.93. The highest BCUT2D eigenvalue weighted by molar-refractivity contribution is 5.80. The van der Waals surface area contributed by atoms with E-state index in [1.165, 1.54) is 0 Å². The number of nitrogens with one attached hydrogen (secondary N) is 2. The Labute approximate surface area is 150 Å². The molecule has 140 valence electrons. The van der Waals surface area contributed by atoms with Crippen LogP contribution >= 0.6 is 0 Å². The number of hydrogen-bond donors (Lipinski definition) is 2. The van der Waals surface area contributed by atoms with Gasteiger partial charge in [0.05, 0.1) is 5.69 Å². The van der Waals surface area contributed by atoms with Crippen molar-refractivity contribution < 1.29 is 9.32 Å². The van der Waals surface area contributed by atoms with Crippen LogP contribution in [0, 0.1) is 5.92 Å². The van der Waals surface area contributed by atoms with Gasteiger partial charge in [0.25, 0.3) is 0 Å². The van der Waals surface area contributed by atoms with Crippen LogP contribution in [0.5, 0.6) is 0 Å². The highest BCUT2D eigenvalue weighted by atomic mass is 16.5. The summed E-state index contributed by atoms with van der Waals surface area (Å²) in [6, 6.07) is 1.98. The van der Waals surface area contributed by atoms with Crippen molar-refractivity contribution in [2.75, 3.05) is 26.7 Å². The van der Waals surface area contributed by atoms with Crippen LogP contribution in [0.15, 0.2) is 15.6 Å². The molecular formula is C18H31N5O2. The fourth-order valence-electron chi connectivity index (χ4n) is 2.97. The van der Waals surface area contributed by atoms with Crippen LogP contribution in [0.2, 0.25) is 0 Å². The van der Waals surface area contributed by atoms with Crippen molar-refractivity contribution in [2.24, 2.45) is 10.9 Å². The summed E-state index contributed by atoms with van der Waals surface area (Å²) in [6.45, 7) is 9.40. The molecule has 1 aromatic heterocycles. The molecule has 0 aromatic carbocycles. The molecule has 7 nitrogen and oxygen atoms in total. The van der Waals surface area contributed by atoms with E-state index in [1.807, 2.05) is 6.07 Å². The Morgan fingerprint density at radius 1 is 1.44 bits per heavy atom. The molecule has 0 unspecified atom stereocenters. The average Bonchev–Trinajstić information content (AvgIpc) is 3.08. The zero-order valence-electron chi connectivity index (χ0n) is 15.8. The van der Waals surface area contributed by atoms with Gasteiger partial charge >= 0.3 is 0 Å². The maximum Gasteiger partial charge on any atom is 0.220 e. The maximum absolute atomic E-state index is 11.5. The fraction of sp³-hybridized carbons (Fsp3) is 0.722. The lowest BCUT2D eigenvalue weighted by Gasteiger charge is -2.34. The van der Waals surface area contributed by atoms with E-state index < -0.39 is 0 Å². The number of carbonyl (C=O) groups excluding carboxylic acids is 1. The van der Waals surface area contributed by atoms with E-state index in [2.05, 4.69) is 41.5 Å². The summed E-state index contributed by atoms with van der Waals surface area (Å²) in [6.07, 6.45) is 2.64. The Kier molecular flexibility index (Phi) is 7.28. The summed E-state index contributed by atoms with van der Waals surface area (Å²) >= 11 is 0. The number of aliphatic imine (C=N–C) groups is 1. The molecule has 0 spiro atoms. The number of amides is 1. The molecule has 7 heteroatoms. The van der Waals surface area contributed by atoms with E-state index in [1.54, 1.807) is 7.05 Å². The van der Waals surface area contributed by atoms with Crippen molar-refractivity contribution in [1.29, 1.82) is 0 Å². The lowest BCUT2D eigenvalue weighted by molar-refractivity contribution is -0.121. The summed E-state index contributed by atoms with van der Waals surface area (Å²) < 4.78 is 5.37. The Hall–Kier alpha value is -2.05. The predicted molar refractivity (Wildman–Crippen MR) is 98.4 cm³/mol. The third-order valence-corrected chi connectivity index (χ3v) is 4.56. The second-order valence-electron chi connectivity index (χ2n) is 6.85. The summed E-state index contributed by atoms with van der Waals surface area (Å²) in [5, 5.41) is 10.1. The molecule has 1 saturated heterocycles. The van der Waals surface area contributed by atoms with Crippen LogP contribution in [0.25, 0.3) is 0 Å². The average molecular weight is 349 g/mol. The van der Waals surface area contributed by atoms with Crippen molar-refractivity contribution in [3.63, 3.8) is 0 Å². The standard InChI is InChI=1S/C18H31N5O2/c1-5-20-18(21-12-15-11-16(13(2)3)22-25-15)23-8-6-14(7-9-23)10-17(24)19-4/h11,13-14H,5-10,12H2,1-4H3,(H,19,24)(H,20,21). The highest BCUT2D eigenvalue weighted by Crippen LogP contribution is 2.21. The van der Waals surface area contributed by atoms with Crippen molar-refractivity contribution in [3.8, 4) is 0 Å². The van der Waals surface area contributed by atoms with Crippen LogP contribution in [0.4, 0.5) is 0 Å². The number of rotatable bonds is 6. The zero-order chi connectivity index (χ0) is 18.2. The minimum absolute atomic E-state index is 0.130. The Balaban J connectivity index is 1.92. The topological polar surface area (TPSA) is 82.8 Å². The van der Waals surface area contributed by atoms with E-state index in [0.717, 1.165) is 49.9 Å². The summed E-state index contributed by atoms with van der Waals surface area (Å²) in [4.78, 5) is 18.5. The first-order valence-electron chi connectivity index (χ1n) is 9.22. The van der Waals surface area contributed by atoms with E-state index in [-0.39, 0.29) is 5.91 Å². The number of aromatic nitrogens is 1. The molecule has 1 aliphatic rings. The minimum atomic E-state index is 0.130. The first kappa shape index (κ1) is 19.3. The Morgan fingerprint density at radius 2 is 2.16 bits per heavy atom. The number of likely N-dealkylation sites (tertiary alicyclic amines) is 1. The van der Waals surface area contributed by atoms with Gasteiger partial charge in [0, 0.05) is 39.2 Å². The van der Waals surface area contributed by atoms with Gasteiger partial charge in [0.2, 0.25) is 5.91 Å². The molecule has 1 fully saturated rings. The Morgan fingerprint density at radius 3 is 2.72 bits per heavy atom. The second kappa shape index (κ2) is 9.44. The number of hydrogen-bond acceptors (Lipinski definition) is 4. The smallest absolute Gasteiger partial charge is 0.220 e. The molecule has 1 aliphatic heterocycles. The number of guanidine groups is 1. The number of piperidine rings is 1. The van der Waals surface area contributed by atoms with Crippen molar-refractivity contribution in [2.45, 2.75) is 52.5 Å². The second-order valence-corrected chi connectivity index (χ2v) is 6.85. The van der Waals surface area contributed by atoms with Crippen LogP contribution in [0.3, 0.4) is 0 Å². The third-order valence-electron chi connectivity index (χ3n) is 4.56. The van der Waals surface area contributed by atoms with Crippen LogP contribution in [0.1, 0.15) is 57.4 Å². The van der Waals surface area contributed by atoms with Gasteiger partial charge in [-0.15, -0.1) is 0 Å². The molecule has 2 N–H and O–H groups in total.